The average molecular weight is 305 g/mol. The van der Waals surface area contributed by atoms with Crippen molar-refractivity contribution in [2.45, 2.75) is 18.3 Å². The highest BCUT2D eigenvalue weighted by molar-refractivity contribution is 7.88. The van der Waals surface area contributed by atoms with Gasteiger partial charge in [-0.1, -0.05) is 60.7 Å². The predicted octanol–water partition coefficient (Wildman–Crippen LogP) is 2.01. The van der Waals surface area contributed by atoms with Crippen LogP contribution in [0.1, 0.15) is 18.1 Å². The van der Waals surface area contributed by atoms with E-state index in [9.17, 15) is 13.5 Å². The summed E-state index contributed by atoms with van der Waals surface area (Å²) in [7, 11) is -3.49. The zero-order chi connectivity index (χ0) is 15.3. The molecule has 0 spiro atoms. The van der Waals surface area contributed by atoms with Crippen LogP contribution in [-0.2, 0) is 21.4 Å². The van der Waals surface area contributed by atoms with Crippen molar-refractivity contribution < 1.29 is 13.5 Å². The van der Waals surface area contributed by atoms with Gasteiger partial charge in [-0.2, -0.15) is 0 Å². The van der Waals surface area contributed by atoms with E-state index < -0.39 is 15.6 Å². The normalized spacial score (nSPS) is 14.6. The van der Waals surface area contributed by atoms with Gasteiger partial charge in [0.1, 0.15) is 5.60 Å². The molecule has 2 aromatic rings. The molecule has 0 saturated heterocycles. The van der Waals surface area contributed by atoms with E-state index in [1.807, 2.05) is 24.3 Å². The van der Waals surface area contributed by atoms with E-state index in [0.717, 1.165) is 0 Å². The van der Waals surface area contributed by atoms with Gasteiger partial charge in [0.2, 0.25) is 10.0 Å². The maximum absolute atomic E-state index is 12.1. The van der Waals surface area contributed by atoms with Crippen molar-refractivity contribution in [2.24, 2.45) is 0 Å². The Morgan fingerprint density at radius 1 is 1.00 bits per heavy atom. The first kappa shape index (κ1) is 15.7. The highest BCUT2D eigenvalue weighted by atomic mass is 32.2. The highest BCUT2D eigenvalue weighted by Gasteiger charge is 2.25. The molecule has 2 N–H and O–H groups in total. The summed E-state index contributed by atoms with van der Waals surface area (Å²) in [5.41, 5.74) is 0.141. The maximum atomic E-state index is 12.1. The summed E-state index contributed by atoms with van der Waals surface area (Å²) in [6.07, 6.45) is 0. The van der Waals surface area contributed by atoms with Gasteiger partial charge in [0, 0.05) is 6.54 Å². The molecular weight excluding hydrogens is 286 g/mol. The fourth-order valence-electron chi connectivity index (χ4n) is 1.99. The van der Waals surface area contributed by atoms with Crippen LogP contribution in [0.2, 0.25) is 0 Å². The summed E-state index contributed by atoms with van der Waals surface area (Å²) in [6.45, 7) is 1.53. The van der Waals surface area contributed by atoms with Crippen LogP contribution < -0.4 is 4.72 Å². The van der Waals surface area contributed by atoms with Crippen molar-refractivity contribution in [1.82, 2.24) is 4.72 Å². The first-order valence-corrected chi connectivity index (χ1v) is 8.33. The monoisotopic (exact) mass is 305 g/mol. The summed E-state index contributed by atoms with van der Waals surface area (Å²) < 4.78 is 26.6. The van der Waals surface area contributed by atoms with Crippen LogP contribution >= 0.6 is 0 Å². The number of nitrogens with one attached hydrogen (secondary N) is 1. The third-order valence-electron chi connectivity index (χ3n) is 3.23. The molecule has 0 amide bonds. The molecule has 0 aliphatic rings. The van der Waals surface area contributed by atoms with Gasteiger partial charge in [-0.3, -0.25) is 0 Å². The van der Waals surface area contributed by atoms with Gasteiger partial charge in [-0.05, 0) is 18.1 Å². The number of rotatable bonds is 6. The van der Waals surface area contributed by atoms with E-state index in [4.69, 9.17) is 0 Å². The minimum atomic E-state index is -3.49. The van der Waals surface area contributed by atoms with Gasteiger partial charge in [-0.15, -0.1) is 0 Å². The molecule has 0 aliphatic heterocycles. The highest BCUT2D eigenvalue weighted by Crippen LogP contribution is 2.19. The molecule has 21 heavy (non-hydrogen) atoms. The topological polar surface area (TPSA) is 66.4 Å². The van der Waals surface area contributed by atoms with Crippen molar-refractivity contribution in [2.75, 3.05) is 6.54 Å². The second-order valence-corrected chi connectivity index (χ2v) is 7.01. The largest absolute Gasteiger partial charge is 0.384 e. The molecule has 1 unspecified atom stereocenters. The fraction of sp³-hybridized carbons (Fsp3) is 0.250. The summed E-state index contributed by atoms with van der Waals surface area (Å²) >= 11 is 0. The first-order chi connectivity index (χ1) is 9.89. The van der Waals surface area contributed by atoms with Crippen LogP contribution in [0.15, 0.2) is 60.7 Å². The van der Waals surface area contributed by atoms with Gasteiger partial charge < -0.3 is 5.11 Å². The second-order valence-electron chi connectivity index (χ2n) is 5.21. The van der Waals surface area contributed by atoms with Crippen molar-refractivity contribution in [3.05, 3.63) is 71.8 Å². The van der Waals surface area contributed by atoms with E-state index in [2.05, 4.69) is 4.72 Å². The molecule has 112 valence electrons. The molecule has 0 bridgehead atoms. The Morgan fingerprint density at radius 2 is 1.52 bits per heavy atom. The second kappa shape index (κ2) is 6.39. The Kier molecular flexibility index (Phi) is 4.77. The van der Waals surface area contributed by atoms with Gasteiger partial charge in [0.05, 0.1) is 5.75 Å². The van der Waals surface area contributed by atoms with Gasteiger partial charge in [0.25, 0.3) is 0 Å². The van der Waals surface area contributed by atoms with Crippen LogP contribution in [0, 0.1) is 0 Å². The number of benzene rings is 2. The third-order valence-corrected chi connectivity index (χ3v) is 4.53. The third kappa shape index (κ3) is 4.67. The van der Waals surface area contributed by atoms with Gasteiger partial charge >= 0.3 is 0 Å². The van der Waals surface area contributed by atoms with Crippen molar-refractivity contribution >= 4 is 10.0 Å². The van der Waals surface area contributed by atoms with E-state index in [1.165, 1.54) is 0 Å². The molecule has 2 rings (SSSR count). The standard InChI is InChI=1S/C16H19NO3S/c1-16(18,15-10-6-3-7-11-15)13-17-21(19,20)12-14-8-4-2-5-9-14/h2-11,17-18H,12-13H2,1H3. The summed E-state index contributed by atoms with van der Waals surface area (Å²) in [5.74, 6) is -0.0985. The molecule has 0 saturated carbocycles. The minimum absolute atomic E-state index is 0.0633. The fourth-order valence-corrected chi connectivity index (χ4v) is 3.23. The van der Waals surface area contributed by atoms with E-state index in [0.29, 0.717) is 11.1 Å². The number of hydrogen-bond donors (Lipinski definition) is 2. The lowest BCUT2D eigenvalue weighted by Gasteiger charge is -2.24. The lowest BCUT2D eigenvalue weighted by molar-refractivity contribution is 0.0627. The quantitative estimate of drug-likeness (QED) is 0.858. The first-order valence-electron chi connectivity index (χ1n) is 6.68. The Balaban J connectivity index is 2.01. The molecule has 0 aromatic heterocycles. The molecule has 0 heterocycles. The molecule has 0 aliphatic carbocycles. The minimum Gasteiger partial charge on any atom is -0.384 e. The van der Waals surface area contributed by atoms with Crippen LogP contribution in [0.25, 0.3) is 0 Å². The molecule has 0 radical (unpaired) electrons. The lowest BCUT2D eigenvalue weighted by atomic mass is 9.97. The number of sulfonamides is 1. The van der Waals surface area contributed by atoms with Gasteiger partial charge in [-0.25, -0.2) is 13.1 Å². The predicted molar refractivity (Wildman–Crippen MR) is 83.1 cm³/mol. The lowest BCUT2D eigenvalue weighted by Crippen LogP contribution is -2.39. The van der Waals surface area contributed by atoms with Crippen LogP contribution in [0.5, 0.6) is 0 Å². The summed E-state index contributed by atoms with van der Waals surface area (Å²) in [5, 5.41) is 10.4. The van der Waals surface area contributed by atoms with Crippen LogP contribution in [0.4, 0.5) is 0 Å². The Morgan fingerprint density at radius 3 is 2.10 bits per heavy atom. The maximum Gasteiger partial charge on any atom is 0.215 e. The summed E-state index contributed by atoms with van der Waals surface area (Å²) in [4.78, 5) is 0. The Bertz CT molecular complexity index is 667. The van der Waals surface area contributed by atoms with Crippen molar-refractivity contribution in [3.8, 4) is 0 Å². The Hall–Kier alpha value is -1.69. The Labute approximate surface area is 125 Å². The molecule has 5 heteroatoms. The van der Waals surface area contributed by atoms with E-state index in [-0.39, 0.29) is 12.3 Å². The average Bonchev–Trinajstić information content (AvgIpc) is 2.47. The smallest absolute Gasteiger partial charge is 0.215 e. The van der Waals surface area contributed by atoms with E-state index >= 15 is 0 Å². The van der Waals surface area contributed by atoms with E-state index in [1.54, 1.807) is 43.3 Å². The molecule has 4 nitrogen and oxygen atoms in total. The zero-order valence-electron chi connectivity index (χ0n) is 11.9. The molecule has 1 atom stereocenters. The summed E-state index contributed by atoms with van der Waals surface area (Å²) in [6, 6.07) is 17.9. The zero-order valence-corrected chi connectivity index (χ0v) is 12.7. The molecule has 2 aromatic carbocycles. The van der Waals surface area contributed by atoms with Crippen molar-refractivity contribution in [3.63, 3.8) is 0 Å². The number of aliphatic hydroxyl groups is 1. The SMILES string of the molecule is CC(O)(CNS(=O)(=O)Cc1ccccc1)c1ccccc1. The molecule has 0 fully saturated rings. The van der Waals surface area contributed by atoms with Gasteiger partial charge in [0.15, 0.2) is 0 Å². The van der Waals surface area contributed by atoms with Crippen molar-refractivity contribution in [1.29, 1.82) is 0 Å². The van der Waals surface area contributed by atoms with Crippen LogP contribution in [0.3, 0.4) is 0 Å². The van der Waals surface area contributed by atoms with Crippen LogP contribution in [-0.4, -0.2) is 20.1 Å². The number of hydrogen-bond acceptors (Lipinski definition) is 3. The molecular formula is C16H19NO3S.